The van der Waals surface area contributed by atoms with Crippen molar-refractivity contribution in [3.63, 3.8) is 0 Å². The van der Waals surface area contributed by atoms with Gasteiger partial charge in [0.25, 0.3) is 0 Å². The molecule has 0 rings (SSSR count). The number of hydrogen-bond donors (Lipinski definition) is 0. The Bertz CT molecular complexity index is 278. The van der Waals surface area contributed by atoms with Gasteiger partial charge in [-0.2, -0.15) is 0 Å². The summed E-state index contributed by atoms with van der Waals surface area (Å²) in [6.45, 7) is 9.47. The monoisotopic (exact) mass is 498 g/mol. The van der Waals surface area contributed by atoms with Crippen LogP contribution in [0.2, 0.25) is 0 Å². The molecule has 0 aliphatic heterocycles. The van der Waals surface area contributed by atoms with Crippen molar-refractivity contribution < 1.29 is 0 Å². The fourth-order valence-corrected chi connectivity index (χ4v) is 14.1. The third-order valence-electron chi connectivity index (χ3n) is 6.28. The van der Waals surface area contributed by atoms with Gasteiger partial charge in [0.2, 0.25) is 0 Å². The zero-order valence-corrected chi connectivity index (χ0v) is 22.0. The second kappa shape index (κ2) is 17.1. The van der Waals surface area contributed by atoms with Gasteiger partial charge >= 0.3 is 181 Å². The van der Waals surface area contributed by atoms with Gasteiger partial charge in [0, 0.05) is 0 Å². The summed E-state index contributed by atoms with van der Waals surface area (Å²) in [6, 6.07) is 0. The predicted octanol–water partition coefficient (Wildman–Crippen LogP) is 10.2. The van der Waals surface area contributed by atoms with Crippen LogP contribution in [0.15, 0.2) is 0 Å². The first-order chi connectivity index (χ1) is 12.5. The van der Waals surface area contributed by atoms with E-state index in [-0.39, 0.29) is 0 Å². The van der Waals surface area contributed by atoms with Gasteiger partial charge in [-0.1, -0.05) is 0 Å². The molecule has 2 heteroatoms. The van der Waals surface area contributed by atoms with Gasteiger partial charge in [-0.3, -0.25) is 0 Å². The van der Waals surface area contributed by atoms with E-state index in [2.05, 4.69) is 49.7 Å². The maximum atomic E-state index is 3.10. The molecule has 0 nitrogen and oxygen atoms in total. The molecule has 0 heterocycles. The Morgan fingerprint density at radius 2 is 0.654 bits per heavy atom. The molecule has 0 aliphatic rings. The van der Waals surface area contributed by atoms with Crippen LogP contribution in [0.1, 0.15) is 130 Å². The van der Waals surface area contributed by atoms with Crippen molar-refractivity contribution in [2.24, 2.45) is 0 Å². The van der Waals surface area contributed by atoms with E-state index in [1.807, 2.05) is 0 Å². The molecule has 0 N–H and O–H groups in total. The van der Waals surface area contributed by atoms with E-state index < -0.39 is 4.25 Å². The summed E-state index contributed by atoms with van der Waals surface area (Å²) >= 11 is 3.10. The van der Waals surface area contributed by atoms with Crippen LogP contribution in [0, 0.1) is 0 Å². The minimum absolute atomic E-state index is 1.37. The topological polar surface area (TPSA) is 0 Å². The summed E-state index contributed by atoms with van der Waals surface area (Å²) in [7, 11) is 0. The molecule has 0 aromatic rings. The van der Waals surface area contributed by atoms with Crippen molar-refractivity contribution >= 4 is 26.3 Å². The van der Waals surface area contributed by atoms with E-state index in [0.717, 1.165) is 0 Å². The molecule has 0 atom stereocenters. The summed E-state index contributed by atoms with van der Waals surface area (Å²) in [5.74, 6) is 0. The summed E-state index contributed by atoms with van der Waals surface area (Å²) in [6.07, 6.45) is 29.7. The van der Waals surface area contributed by atoms with Crippen molar-refractivity contribution in [3.05, 3.63) is 0 Å². The van der Waals surface area contributed by atoms with Gasteiger partial charge in [0.15, 0.2) is 0 Å². The molecule has 0 spiro atoms. The van der Waals surface area contributed by atoms with Gasteiger partial charge in [0.1, 0.15) is 0 Å². The van der Waals surface area contributed by atoms with Gasteiger partial charge in [-0.25, -0.2) is 0 Å². The number of hydrogen-bond acceptors (Lipinski definition) is 0. The molecular formula is C24H52IP. The summed E-state index contributed by atoms with van der Waals surface area (Å²) in [5.41, 5.74) is 0. The van der Waals surface area contributed by atoms with E-state index >= 15 is 0 Å². The van der Waals surface area contributed by atoms with Crippen molar-refractivity contribution in [2.75, 3.05) is 24.6 Å². The average molecular weight is 499 g/mol. The molecule has 0 aliphatic carbocycles. The third-order valence-corrected chi connectivity index (χ3v) is 17.8. The molecule has 26 heavy (non-hydrogen) atoms. The fourth-order valence-electron chi connectivity index (χ4n) is 4.33. The second-order valence-corrected chi connectivity index (χ2v) is 22.6. The standard InChI is InChI=1S/C24H52IP/c1-5-9-13-14-15-16-17-18-19-20-24-26(25,21-10-6-2,22-11-7-3)23-12-8-4/h5-24H2,1-4H3. The first kappa shape index (κ1) is 27.2. The van der Waals surface area contributed by atoms with E-state index in [1.165, 1.54) is 103 Å². The van der Waals surface area contributed by atoms with Gasteiger partial charge in [-0.15, -0.1) is 0 Å². The first-order valence-corrected chi connectivity index (χ1v) is 18.0. The van der Waals surface area contributed by atoms with Crippen molar-refractivity contribution in [3.8, 4) is 0 Å². The van der Waals surface area contributed by atoms with E-state index in [9.17, 15) is 0 Å². The van der Waals surface area contributed by atoms with E-state index in [1.54, 1.807) is 24.6 Å². The molecule has 0 unspecified atom stereocenters. The zero-order chi connectivity index (χ0) is 19.6. The van der Waals surface area contributed by atoms with Crippen molar-refractivity contribution in [2.45, 2.75) is 130 Å². The number of halogens is 1. The molecule has 0 fully saturated rings. The summed E-state index contributed by atoms with van der Waals surface area (Å²) < 4.78 is -1.47. The first-order valence-electron chi connectivity index (χ1n) is 12.3. The maximum absolute atomic E-state index is 3.10. The minimum atomic E-state index is -1.47. The number of rotatable bonds is 20. The SMILES string of the molecule is CCCCCCCCCCCCP(I)(CCCC)(CCCC)CCCC. The Balaban J connectivity index is 4.27. The second-order valence-electron chi connectivity index (χ2n) is 8.96. The normalized spacial score (nSPS) is 13.7. The van der Waals surface area contributed by atoms with Crippen LogP contribution in [-0.4, -0.2) is 24.6 Å². The van der Waals surface area contributed by atoms with E-state index in [4.69, 9.17) is 0 Å². The van der Waals surface area contributed by atoms with Crippen LogP contribution in [0.25, 0.3) is 0 Å². The molecule has 0 aromatic heterocycles. The molecule has 0 amide bonds. The van der Waals surface area contributed by atoms with Crippen LogP contribution in [0.3, 0.4) is 0 Å². The molecule has 0 saturated carbocycles. The van der Waals surface area contributed by atoms with Crippen LogP contribution >= 0.6 is 26.3 Å². The van der Waals surface area contributed by atoms with Gasteiger partial charge in [0.05, 0.1) is 0 Å². The molecule has 160 valence electrons. The fraction of sp³-hybridized carbons (Fsp3) is 1.00. The molecular weight excluding hydrogens is 446 g/mol. The Morgan fingerprint density at radius 1 is 0.385 bits per heavy atom. The third kappa shape index (κ3) is 13.4. The van der Waals surface area contributed by atoms with Crippen LogP contribution in [0.5, 0.6) is 0 Å². The summed E-state index contributed by atoms with van der Waals surface area (Å²) in [4.78, 5) is 0. The molecule has 0 radical (unpaired) electrons. The van der Waals surface area contributed by atoms with Crippen molar-refractivity contribution in [1.29, 1.82) is 0 Å². The number of unbranched alkanes of at least 4 members (excludes halogenated alkanes) is 12. The van der Waals surface area contributed by atoms with Crippen LogP contribution in [-0.2, 0) is 0 Å². The van der Waals surface area contributed by atoms with Crippen molar-refractivity contribution in [1.82, 2.24) is 0 Å². The predicted molar refractivity (Wildman–Crippen MR) is 137 cm³/mol. The molecule has 0 aromatic carbocycles. The van der Waals surface area contributed by atoms with E-state index in [0.29, 0.717) is 0 Å². The summed E-state index contributed by atoms with van der Waals surface area (Å²) in [5, 5.41) is 0. The quantitative estimate of drug-likeness (QED) is 0.0890. The van der Waals surface area contributed by atoms with Crippen LogP contribution in [0.4, 0.5) is 0 Å². The Kier molecular flexibility index (Phi) is 17.8. The van der Waals surface area contributed by atoms with Gasteiger partial charge < -0.3 is 0 Å². The zero-order valence-electron chi connectivity index (χ0n) is 19.0. The van der Waals surface area contributed by atoms with Gasteiger partial charge in [-0.05, 0) is 0 Å². The molecule has 0 bridgehead atoms. The van der Waals surface area contributed by atoms with Crippen LogP contribution < -0.4 is 0 Å². The molecule has 0 saturated heterocycles. The Labute approximate surface area is 180 Å². The average Bonchev–Trinajstić information content (AvgIpc) is 2.65. The Hall–Kier alpha value is 1.16. The Morgan fingerprint density at radius 3 is 1.00 bits per heavy atom.